The zero-order valence-electron chi connectivity index (χ0n) is 11.5. The molecule has 0 saturated heterocycles. The molecule has 0 aromatic rings. The number of carbonyl (C=O) groups excluding carboxylic acids is 3. The first-order valence-electron chi connectivity index (χ1n) is 6.37. The summed E-state index contributed by atoms with van der Waals surface area (Å²) in [6, 6.07) is 0. The Morgan fingerprint density at radius 2 is 1.68 bits per heavy atom. The fourth-order valence-corrected chi connectivity index (χ4v) is 1.94. The maximum Gasteiger partial charge on any atom is 0.351 e. The van der Waals surface area contributed by atoms with Crippen LogP contribution in [0, 0.1) is 5.41 Å². The third kappa shape index (κ3) is 3.11. The molecule has 0 aromatic carbocycles. The minimum Gasteiger partial charge on any atom is -0.466 e. The zero-order chi connectivity index (χ0) is 14.7. The minimum atomic E-state index is -2.76. The second kappa shape index (κ2) is 5.67. The van der Waals surface area contributed by atoms with Gasteiger partial charge in [0.15, 0.2) is 5.78 Å². The fourth-order valence-electron chi connectivity index (χ4n) is 1.94. The summed E-state index contributed by atoms with van der Waals surface area (Å²) in [6.45, 7) is 4.31. The summed E-state index contributed by atoms with van der Waals surface area (Å²) in [5, 5.41) is 0. The Kier molecular flexibility index (Phi) is 4.66. The van der Waals surface area contributed by atoms with Gasteiger partial charge in [-0.3, -0.25) is 9.59 Å². The van der Waals surface area contributed by atoms with Gasteiger partial charge in [-0.1, -0.05) is 0 Å². The van der Waals surface area contributed by atoms with Crippen LogP contribution < -0.4 is 0 Å². The normalized spacial score (nSPS) is 19.2. The number of esters is 2. The third-order valence-electron chi connectivity index (χ3n) is 3.30. The van der Waals surface area contributed by atoms with Crippen LogP contribution in [-0.2, 0) is 23.9 Å². The summed E-state index contributed by atoms with van der Waals surface area (Å²) >= 11 is 0. The molecular weight excluding hydrogens is 255 g/mol. The average Bonchev–Trinajstić information content (AvgIpc) is 3.10. The quantitative estimate of drug-likeness (QED) is 0.520. The average molecular weight is 274 g/mol. The van der Waals surface area contributed by atoms with E-state index in [4.69, 9.17) is 4.74 Å². The molecule has 1 atom stereocenters. The van der Waals surface area contributed by atoms with Gasteiger partial charge in [0.25, 0.3) is 5.67 Å². The van der Waals surface area contributed by atoms with Gasteiger partial charge in [0.2, 0.25) is 0 Å². The molecule has 1 rings (SSSR count). The summed E-state index contributed by atoms with van der Waals surface area (Å²) < 4.78 is 24.1. The van der Waals surface area contributed by atoms with Crippen LogP contribution in [-0.4, -0.2) is 36.6 Å². The van der Waals surface area contributed by atoms with E-state index in [2.05, 4.69) is 4.74 Å². The Labute approximate surface area is 111 Å². The van der Waals surface area contributed by atoms with Crippen molar-refractivity contribution in [3.63, 3.8) is 0 Å². The van der Waals surface area contributed by atoms with Crippen molar-refractivity contribution in [2.24, 2.45) is 5.41 Å². The Balaban J connectivity index is 2.88. The highest BCUT2D eigenvalue weighted by atomic mass is 19.1. The molecule has 5 nitrogen and oxygen atoms in total. The number of alkyl halides is 1. The van der Waals surface area contributed by atoms with Crippen molar-refractivity contribution in [2.45, 2.75) is 45.7 Å². The van der Waals surface area contributed by atoms with Crippen LogP contribution in [0.1, 0.15) is 40.0 Å². The molecule has 1 unspecified atom stereocenters. The highest BCUT2D eigenvalue weighted by molar-refractivity contribution is 6.06. The number of rotatable bonds is 7. The molecule has 0 radical (unpaired) electrons. The number of ether oxygens (including phenoxy) is 2. The van der Waals surface area contributed by atoms with Gasteiger partial charge in [0.05, 0.1) is 18.6 Å². The standard InChI is InChI=1S/C13H19FO5/c1-4-18-10(16)12(6-7-12)8-13(14,9(3)15)11(17)19-5-2/h4-8H2,1-3H3. The minimum absolute atomic E-state index is 0.0236. The Bertz CT molecular complexity index is 388. The fraction of sp³-hybridized carbons (Fsp3) is 0.769. The topological polar surface area (TPSA) is 69.7 Å². The molecule has 108 valence electrons. The first kappa shape index (κ1) is 15.6. The van der Waals surface area contributed by atoms with Gasteiger partial charge >= 0.3 is 11.9 Å². The Morgan fingerprint density at radius 1 is 1.16 bits per heavy atom. The van der Waals surface area contributed by atoms with Crippen LogP contribution in [0.4, 0.5) is 4.39 Å². The van der Waals surface area contributed by atoms with Crippen LogP contribution in [0.3, 0.4) is 0 Å². The van der Waals surface area contributed by atoms with Gasteiger partial charge in [0, 0.05) is 6.42 Å². The van der Waals surface area contributed by atoms with E-state index >= 15 is 0 Å². The second-order valence-electron chi connectivity index (χ2n) is 4.76. The predicted octanol–water partition coefficient (Wildman–Crippen LogP) is 1.58. The first-order valence-corrected chi connectivity index (χ1v) is 6.37. The van der Waals surface area contributed by atoms with Crippen molar-refractivity contribution in [2.75, 3.05) is 13.2 Å². The van der Waals surface area contributed by atoms with Crippen molar-refractivity contribution in [1.82, 2.24) is 0 Å². The number of hydrogen-bond donors (Lipinski definition) is 0. The lowest BCUT2D eigenvalue weighted by atomic mass is 9.86. The van der Waals surface area contributed by atoms with Crippen LogP contribution in [0.2, 0.25) is 0 Å². The van der Waals surface area contributed by atoms with Crippen molar-refractivity contribution in [3.05, 3.63) is 0 Å². The maximum absolute atomic E-state index is 14.6. The largest absolute Gasteiger partial charge is 0.466 e. The molecule has 0 N–H and O–H groups in total. The van der Waals surface area contributed by atoms with Gasteiger partial charge in [-0.25, -0.2) is 9.18 Å². The van der Waals surface area contributed by atoms with E-state index in [1.54, 1.807) is 6.92 Å². The highest BCUT2D eigenvalue weighted by Crippen LogP contribution is 2.53. The lowest BCUT2D eigenvalue weighted by Gasteiger charge is -2.24. The second-order valence-corrected chi connectivity index (χ2v) is 4.76. The molecule has 1 fully saturated rings. The van der Waals surface area contributed by atoms with Crippen LogP contribution >= 0.6 is 0 Å². The maximum atomic E-state index is 14.6. The van der Waals surface area contributed by atoms with E-state index < -0.39 is 35.2 Å². The number of hydrogen-bond acceptors (Lipinski definition) is 5. The van der Waals surface area contributed by atoms with Gasteiger partial charge in [0.1, 0.15) is 0 Å². The summed E-state index contributed by atoms with van der Waals surface area (Å²) in [7, 11) is 0. The van der Waals surface area contributed by atoms with Crippen LogP contribution in [0.15, 0.2) is 0 Å². The molecule has 0 amide bonds. The number of halogens is 1. The lowest BCUT2D eigenvalue weighted by Crippen LogP contribution is -2.46. The molecule has 0 aliphatic heterocycles. The molecule has 6 heteroatoms. The van der Waals surface area contributed by atoms with E-state index in [9.17, 15) is 18.8 Å². The van der Waals surface area contributed by atoms with Crippen molar-refractivity contribution in [3.8, 4) is 0 Å². The third-order valence-corrected chi connectivity index (χ3v) is 3.30. The molecule has 0 bridgehead atoms. The van der Waals surface area contributed by atoms with Crippen molar-refractivity contribution >= 4 is 17.7 Å². The van der Waals surface area contributed by atoms with Crippen molar-refractivity contribution in [1.29, 1.82) is 0 Å². The van der Waals surface area contributed by atoms with Crippen LogP contribution in [0.25, 0.3) is 0 Å². The number of Topliss-reactive ketones (excluding diaryl/α,β-unsaturated/α-hetero) is 1. The summed E-state index contributed by atoms with van der Waals surface area (Å²) in [4.78, 5) is 34.8. The number of ketones is 1. The SMILES string of the molecule is CCOC(=O)C1(CC(F)(C(C)=O)C(=O)OCC)CC1. The highest BCUT2D eigenvalue weighted by Gasteiger charge is 2.60. The Hall–Kier alpha value is -1.46. The van der Waals surface area contributed by atoms with E-state index in [0.29, 0.717) is 12.8 Å². The predicted molar refractivity (Wildman–Crippen MR) is 64.1 cm³/mol. The van der Waals surface area contributed by atoms with Gasteiger partial charge in [-0.2, -0.15) is 0 Å². The molecule has 0 heterocycles. The van der Waals surface area contributed by atoms with Gasteiger partial charge in [-0.05, 0) is 33.6 Å². The first-order chi connectivity index (χ1) is 8.82. The Morgan fingerprint density at radius 3 is 2.05 bits per heavy atom. The monoisotopic (exact) mass is 274 g/mol. The number of carbonyl (C=O) groups is 3. The molecule has 1 aliphatic carbocycles. The van der Waals surface area contributed by atoms with E-state index in [1.807, 2.05) is 0 Å². The van der Waals surface area contributed by atoms with Crippen LogP contribution in [0.5, 0.6) is 0 Å². The summed E-state index contributed by atoms with van der Waals surface area (Å²) in [6.07, 6.45) is 0.349. The smallest absolute Gasteiger partial charge is 0.351 e. The van der Waals surface area contributed by atoms with E-state index in [1.165, 1.54) is 6.92 Å². The summed E-state index contributed by atoms with van der Waals surface area (Å²) in [5.74, 6) is -2.72. The summed E-state index contributed by atoms with van der Waals surface area (Å²) in [5.41, 5.74) is -3.82. The molecular formula is C13H19FO5. The van der Waals surface area contributed by atoms with E-state index in [0.717, 1.165) is 6.92 Å². The van der Waals surface area contributed by atoms with Gasteiger partial charge in [-0.15, -0.1) is 0 Å². The molecule has 0 spiro atoms. The lowest BCUT2D eigenvalue weighted by molar-refractivity contribution is -0.165. The molecule has 19 heavy (non-hydrogen) atoms. The molecule has 0 aromatic heterocycles. The van der Waals surface area contributed by atoms with Gasteiger partial charge < -0.3 is 9.47 Å². The zero-order valence-corrected chi connectivity index (χ0v) is 11.5. The molecule has 1 saturated carbocycles. The van der Waals surface area contributed by atoms with E-state index in [-0.39, 0.29) is 13.2 Å². The van der Waals surface area contributed by atoms with Crippen molar-refractivity contribution < 1.29 is 28.2 Å². The molecule has 1 aliphatic rings.